The molecular formula is C15H18O6. The summed E-state index contributed by atoms with van der Waals surface area (Å²) in [5.74, 6) is -0.0938. The number of aromatic hydroxyl groups is 4. The van der Waals surface area contributed by atoms with Gasteiger partial charge in [-0.3, -0.25) is 4.79 Å². The van der Waals surface area contributed by atoms with Gasteiger partial charge in [-0.1, -0.05) is 0 Å². The fourth-order valence-corrected chi connectivity index (χ4v) is 1.09. The molecule has 114 valence electrons. The third kappa shape index (κ3) is 9.66. The van der Waals surface area contributed by atoms with E-state index in [2.05, 4.69) is 0 Å². The van der Waals surface area contributed by atoms with Crippen molar-refractivity contribution in [2.45, 2.75) is 13.8 Å². The van der Waals surface area contributed by atoms with Crippen LogP contribution in [-0.4, -0.2) is 31.5 Å². The Bertz CT molecular complexity index is 538. The molecule has 0 atom stereocenters. The molecule has 0 amide bonds. The minimum absolute atomic E-state index is 0.169. The molecule has 5 N–H and O–H groups in total. The number of aliphatic carboxylic acids is 1. The van der Waals surface area contributed by atoms with Gasteiger partial charge in [-0.05, 0) is 55.0 Å². The van der Waals surface area contributed by atoms with Crippen LogP contribution in [0.2, 0.25) is 0 Å². The van der Waals surface area contributed by atoms with Crippen LogP contribution in [0, 0.1) is 6.92 Å². The maximum absolute atomic E-state index is 9.00. The van der Waals surface area contributed by atoms with E-state index in [-0.39, 0.29) is 23.0 Å². The molecule has 0 fully saturated rings. The average Bonchev–Trinajstić information content (AvgIpc) is 2.38. The van der Waals surface area contributed by atoms with Crippen molar-refractivity contribution in [2.75, 3.05) is 0 Å². The second-order valence-electron chi connectivity index (χ2n) is 4.01. The molecule has 2 aromatic carbocycles. The van der Waals surface area contributed by atoms with Gasteiger partial charge in [-0.25, -0.2) is 0 Å². The molecule has 0 bridgehead atoms. The summed E-state index contributed by atoms with van der Waals surface area (Å²) < 4.78 is 0. The number of carboxylic acid groups (broad SMARTS) is 1. The lowest BCUT2D eigenvalue weighted by atomic mass is 10.2. The largest absolute Gasteiger partial charge is 0.508 e. The first-order valence-corrected chi connectivity index (χ1v) is 5.88. The second-order valence-corrected chi connectivity index (χ2v) is 4.01. The molecule has 0 radical (unpaired) electrons. The van der Waals surface area contributed by atoms with E-state index in [0.29, 0.717) is 5.56 Å². The Labute approximate surface area is 122 Å². The molecule has 0 unspecified atom stereocenters. The molecule has 21 heavy (non-hydrogen) atoms. The Hall–Kier alpha value is -2.89. The number of benzene rings is 2. The maximum Gasteiger partial charge on any atom is 0.300 e. The number of carbonyl (C=O) groups is 1. The number of aryl methyl sites for hydroxylation is 1. The van der Waals surface area contributed by atoms with Crippen molar-refractivity contribution in [1.29, 1.82) is 0 Å². The van der Waals surface area contributed by atoms with Gasteiger partial charge in [0.15, 0.2) is 0 Å². The molecule has 2 aromatic rings. The Kier molecular flexibility index (Phi) is 7.83. The van der Waals surface area contributed by atoms with Crippen LogP contribution in [-0.2, 0) is 4.79 Å². The summed E-state index contributed by atoms with van der Waals surface area (Å²) in [6, 6.07) is 10.1. The first kappa shape index (κ1) is 18.1. The van der Waals surface area contributed by atoms with Crippen LogP contribution in [0.4, 0.5) is 0 Å². The molecule has 0 aliphatic rings. The third-order valence-corrected chi connectivity index (χ3v) is 2.03. The van der Waals surface area contributed by atoms with Crippen molar-refractivity contribution in [3.63, 3.8) is 0 Å². The Morgan fingerprint density at radius 2 is 1.14 bits per heavy atom. The summed E-state index contributed by atoms with van der Waals surface area (Å²) in [6.07, 6.45) is 0. The topological polar surface area (TPSA) is 118 Å². The van der Waals surface area contributed by atoms with E-state index in [1.807, 2.05) is 0 Å². The molecule has 0 aromatic heterocycles. The molecule has 6 nitrogen and oxygen atoms in total. The minimum Gasteiger partial charge on any atom is -0.508 e. The molecule has 0 heterocycles. The van der Waals surface area contributed by atoms with Gasteiger partial charge < -0.3 is 25.5 Å². The predicted molar refractivity (Wildman–Crippen MR) is 77.6 cm³/mol. The zero-order chi connectivity index (χ0) is 16.4. The Morgan fingerprint density at radius 3 is 1.43 bits per heavy atom. The fourth-order valence-electron chi connectivity index (χ4n) is 1.09. The summed E-state index contributed by atoms with van der Waals surface area (Å²) in [4.78, 5) is 9.00. The van der Waals surface area contributed by atoms with Gasteiger partial charge in [0.1, 0.15) is 23.0 Å². The van der Waals surface area contributed by atoms with E-state index in [1.165, 1.54) is 42.5 Å². The van der Waals surface area contributed by atoms with Gasteiger partial charge in [0.2, 0.25) is 0 Å². The zero-order valence-electron chi connectivity index (χ0n) is 11.7. The minimum atomic E-state index is -0.833. The highest BCUT2D eigenvalue weighted by Crippen LogP contribution is 2.19. The summed E-state index contributed by atoms with van der Waals surface area (Å²) in [7, 11) is 0. The lowest BCUT2D eigenvalue weighted by Gasteiger charge is -1.96. The number of phenolic OH excluding ortho intramolecular Hbond substituents is 4. The summed E-state index contributed by atoms with van der Waals surface area (Å²) in [5.41, 5.74) is 0.690. The van der Waals surface area contributed by atoms with Crippen LogP contribution < -0.4 is 0 Å². The molecule has 6 heteroatoms. The van der Waals surface area contributed by atoms with Gasteiger partial charge in [-0.15, -0.1) is 0 Å². The quantitative estimate of drug-likeness (QED) is 0.477. The summed E-state index contributed by atoms with van der Waals surface area (Å²) in [5, 5.41) is 42.5. The van der Waals surface area contributed by atoms with Gasteiger partial charge >= 0.3 is 0 Å². The van der Waals surface area contributed by atoms with E-state index in [4.69, 9.17) is 30.3 Å². The summed E-state index contributed by atoms with van der Waals surface area (Å²) >= 11 is 0. The second kappa shape index (κ2) is 9.08. The monoisotopic (exact) mass is 294 g/mol. The van der Waals surface area contributed by atoms with E-state index < -0.39 is 5.97 Å². The van der Waals surface area contributed by atoms with Gasteiger partial charge in [0.25, 0.3) is 5.97 Å². The number of hydrogen-bond donors (Lipinski definition) is 5. The number of carboxylic acids is 1. The van der Waals surface area contributed by atoms with Crippen molar-refractivity contribution < 1.29 is 30.3 Å². The van der Waals surface area contributed by atoms with E-state index in [0.717, 1.165) is 6.92 Å². The fraction of sp³-hybridized carbons (Fsp3) is 0.133. The van der Waals surface area contributed by atoms with Crippen molar-refractivity contribution >= 4 is 5.97 Å². The molecule has 0 saturated heterocycles. The highest BCUT2D eigenvalue weighted by molar-refractivity contribution is 5.62. The SMILES string of the molecule is CC(=O)O.Cc1cc(O)ccc1O.Oc1ccc(O)cc1. The molecular weight excluding hydrogens is 276 g/mol. The highest BCUT2D eigenvalue weighted by atomic mass is 16.4. The van der Waals surface area contributed by atoms with Gasteiger partial charge in [0, 0.05) is 6.92 Å². The van der Waals surface area contributed by atoms with E-state index >= 15 is 0 Å². The molecule has 0 saturated carbocycles. The van der Waals surface area contributed by atoms with Crippen LogP contribution in [0.5, 0.6) is 23.0 Å². The number of phenols is 4. The first-order chi connectivity index (χ1) is 9.72. The predicted octanol–water partition coefficient (Wildman–Crippen LogP) is 2.59. The van der Waals surface area contributed by atoms with Crippen LogP contribution in [0.15, 0.2) is 42.5 Å². The maximum atomic E-state index is 9.00. The Morgan fingerprint density at radius 1 is 0.810 bits per heavy atom. The highest BCUT2D eigenvalue weighted by Gasteiger charge is 1.93. The smallest absolute Gasteiger partial charge is 0.300 e. The summed E-state index contributed by atoms with van der Waals surface area (Å²) in [6.45, 7) is 2.81. The molecule has 2 rings (SSSR count). The van der Waals surface area contributed by atoms with Crippen LogP contribution in [0.1, 0.15) is 12.5 Å². The molecule has 0 spiro atoms. The van der Waals surface area contributed by atoms with Crippen molar-refractivity contribution in [2.24, 2.45) is 0 Å². The van der Waals surface area contributed by atoms with E-state index in [1.54, 1.807) is 6.92 Å². The first-order valence-electron chi connectivity index (χ1n) is 5.88. The number of rotatable bonds is 0. The van der Waals surface area contributed by atoms with Crippen LogP contribution in [0.25, 0.3) is 0 Å². The van der Waals surface area contributed by atoms with Crippen LogP contribution >= 0.6 is 0 Å². The van der Waals surface area contributed by atoms with Crippen molar-refractivity contribution in [3.05, 3.63) is 48.0 Å². The third-order valence-electron chi connectivity index (χ3n) is 2.03. The lowest BCUT2D eigenvalue weighted by molar-refractivity contribution is -0.134. The Balaban J connectivity index is 0.000000308. The van der Waals surface area contributed by atoms with Gasteiger partial charge in [-0.2, -0.15) is 0 Å². The zero-order valence-corrected chi connectivity index (χ0v) is 11.7. The molecule has 0 aliphatic heterocycles. The number of hydrogen-bond acceptors (Lipinski definition) is 5. The van der Waals surface area contributed by atoms with Crippen molar-refractivity contribution in [3.8, 4) is 23.0 Å². The standard InChI is InChI=1S/C7H8O2.C6H6O2.C2H4O2/c1-5-4-6(8)2-3-7(5)9;7-5-1-2-6(8)4-3-5;1-2(3)4/h2-4,8-9H,1H3;1-4,7-8H;1H3,(H,3,4). The van der Waals surface area contributed by atoms with Crippen molar-refractivity contribution in [1.82, 2.24) is 0 Å². The van der Waals surface area contributed by atoms with Gasteiger partial charge in [0.05, 0.1) is 0 Å². The van der Waals surface area contributed by atoms with Crippen LogP contribution in [0.3, 0.4) is 0 Å². The van der Waals surface area contributed by atoms with E-state index in [9.17, 15) is 0 Å². The average molecular weight is 294 g/mol. The lowest BCUT2D eigenvalue weighted by Crippen LogP contribution is -1.78. The normalized spacial score (nSPS) is 8.67. The molecule has 0 aliphatic carbocycles.